The molecule has 0 aliphatic heterocycles. The molecular formula is C35H39N5O6S. The Kier molecular flexibility index (Phi) is 10.7. The van der Waals surface area contributed by atoms with Crippen LogP contribution in [0.1, 0.15) is 45.0 Å². The second-order valence-electron chi connectivity index (χ2n) is 12.1. The monoisotopic (exact) mass is 657 g/mol. The summed E-state index contributed by atoms with van der Waals surface area (Å²) >= 11 is 1.61. The van der Waals surface area contributed by atoms with Gasteiger partial charge >= 0.3 is 6.09 Å². The molecule has 1 atom stereocenters. The van der Waals surface area contributed by atoms with Crippen molar-refractivity contribution >= 4 is 50.1 Å². The highest BCUT2D eigenvalue weighted by Gasteiger charge is 2.25. The zero-order valence-electron chi connectivity index (χ0n) is 26.9. The SMILES string of the molecule is CNC(=O)Cc1noc(-c2cc3ccccc3cc2OCCCCNC(=O)C(Cc2csc3ccccc23)NC(=O)OC(C)(C)C)n1. The Labute approximate surface area is 277 Å². The molecule has 11 nitrogen and oxygen atoms in total. The number of carbonyl (C=O) groups excluding carboxylic acids is 3. The van der Waals surface area contributed by atoms with Gasteiger partial charge in [-0.1, -0.05) is 47.6 Å². The summed E-state index contributed by atoms with van der Waals surface area (Å²) in [7, 11) is 1.55. The van der Waals surface area contributed by atoms with Crippen molar-refractivity contribution in [3.8, 4) is 17.2 Å². The number of amides is 3. The zero-order chi connectivity index (χ0) is 33.4. The zero-order valence-corrected chi connectivity index (χ0v) is 27.7. The molecule has 0 bridgehead atoms. The Hall–Kier alpha value is -4.97. The molecule has 2 aromatic heterocycles. The number of hydrogen-bond donors (Lipinski definition) is 3. The van der Waals surface area contributed by atoms with Gasteiger partial charge in [-0.3, -0.25) is 9.59 Å². The minimum Gasteiger partial charge on any atom is -0.493 e. The van der Waals surface area contributed by atoms with Crippen LogP contribution in [0.4, 0.5) is 4.79 Å². The molecular weight excluding hydrogens is 618 g/mol. The lowest BCUT2D eigenvalue weighted by Crippen LogP contribution is -2.49. The summed E-state index contributed by atoms with van der Waals surface area (Å²) in [5, 5.41) is 17.3. The number of rotatable bonds is 13. The van der Waals surface area contributed by atoms with E-state index in [9.17, 15) is 14.4 Å². The van der Waals surface area contributed by atoms with Crippen molar-refractivity contribution in [2.24, 2.45) is 0 Å². The van der Waals surface area contributed by atoms with E-state index in [-0.39, 0.29) is 30.0 Å². The van der Waals surface area contributed by atoms with E-state index in [4.69, 9.17) is 14.0 Å². The third-order valence-corrected chi connectivity index (χ3v) is 8.28. The molecule has 0 aliphatic carbocycles. The van der Waals surface area contributed by atoms with Crippen LogP contribution in [0.25, 0.3) is 32.3 Å². The summed E-state index contributed by atoms with van der Waals surface area (Å²) in [6, 6.07) is 18.9. The van der Waals surface area contributed by atoms with Crippen LogP contribution in [-0.2, 0) is 27.2 Å². The smallest absolute Gasteiger partial charge is 0.408 e. The topological polar surface area (TPSA) is 145 Å². The van der Waals surface area contributed by atoms with Crippen LogP contribution in [0.15, 0.2) is 70.6 Å². The van der Waals surface area contributed by atoms with Gasteiger partial charge in [-0.05, 0) is 78.9 Å². The molecule has 0 spiro atoms. The average Bonchev–Trinajstić information content (AvgIpc) is 3.68. The molecule has 0 saturated carbocycles. The van der Waals surface area contributed by atoms with E-state index in [1.807, 2.05) is 66.0 Å². The number of nitrogens with zero attached hydrogens (tertiary/aromatic N) is 2. The highest BCUT2D eigenvalue weighted by molar-refractivity contribution is 7.17. The number of likely N-dealkylation sites (N-methyl/N-ethyl adjacent to an activating group) is 1. The maximum absolute atomic E-state index is 13.3. The highest BCUT2D eigenvalue weighted by Crippen LogP contribution is 2.34. The largest absolute Gasteiger partial charge is 0.493 e. The van der Waals surface area contributed by atoms with E-state index in [1.54, 1.807) is 39.2 Å². The lowest BCUT2D eigenvalue weighted by Gasteiger charge is -2.23. The standard InChI is InChI=1S/C35H39N5O6S/c1-35(2,3)45-34(43)38-27(18-24-21-47-29-14-8-7-13-25(24)29)32(42)37-15-9-10-16-44-28-19-23-12-6-5-11-22(23)17-26(28)33-39-30(40-46-33)20-31(41)36-4/h5-8,11-14,17,19,21,27H,9-10,15-16,18,20H2,1-4H3,(H,36,41)(H,37,42)(H,38,43). The van der Waals surface area contributed by atoms with Gasteiger partial charge in [0.2, 0.25) is 11.8 Å². The predicted octanol–water partition coefficient (Wildman–Crippen LogP) is 5.80. The molecule has 2 heterocycles. The van der Waals surface area contributed by atoms with Gasteiger partial charge in [0.05, 0.1) is 18.6 Å². The van der Waals surface area contributed by atoms with Crippen LogP contribution in [0, 0.1) is 0 Å². The van der Waals surface area contributed by atoms with Gasteiger partial charge in [0.25, 0.3) is 5.89 Å². The molecule has 5 rings (SSSR count). The summed E-state index contributed by atoms with van der Waals surface area (Å²) < 4.78 is 18.2. The van der Waals surface area contributed by atoms with Gasteiger partial charge in [-0.15, -0.1) is 11.3 Å². The number of hydrogen-bond acceptors (Lipinski definition) is 9. The fraction of sp³-hybridized carbons (Fsp3) is 0.343. The van der Waals surface area contributed by atoms with Crippen LogP contribution in [-0.4, -0.2) is 59.9 Å². The lowest BCUT2D eigenvalue weighted by atomic mass is 10.0. The number of benzene rings is 3. The second-order valence-corrected chi connectivity index (χ2v) is 13.0. The normalized spacial score (nSPS) is 12.1. The van der Waals surface area contributed by atoms with E-state index in [1.165, 1.54) is 0 Å². The Balaban J connectivity index is 1.19. The molecule has 0 fully saturated rings. The minimum atomic E-state index is -0.804. The fourth-order valence-electron chi connectivity index (χ4n) is 4.99. The summed E-state index contributed by atoms with van der Waals surface area (Å²) in [4.78, 5) is 42.1. The molecule has 0 saturated heterocycles. The van der Waals surface area contributed by atoms with E-state index >= 15 is 0 Å². The van der Waals surface area contributed by atoms with Crippen molar-refractivity contribution in [2.75, 3.05) is 20.2 Å². The van der Waals surface area contributed by atoms with Gasteiger partial charge < -0.3 is 29.9 Å². The molecule has 12 heteroatoms. The lowest BCUT2D eigenvalue weighted by molar-refractivity contribution is -0.123. The molecule has 47 heavy (non-hydrogen) atoms. The third-order valence-electron chi connectivity index (χ3n) is 7.26. The molecule has 3 amide bonds. The van der Waals surface area contributed by atoms with Crippen LogP contribution >= 0.6 is 11.3 Å². The molecule has 1 unspecified atom stereocenters. The number of thiophene rings is 1. The first kappa shape index (κ1) is 33.4. The number of ether oxygens (including phenoxy) is 2. The highest BCUT2D eigenvalue weighted by atomic mass is 32.1. The van der Waals surface area contributed by atoms with Gasteiger partial charge in [0.15, 0.2) is 5.82 Å². The van der Waals surface area contributed by atoms with Crippen molar-refractivity contribution in [1.82, 2.24) is 26.1 Å². The molecule has 0 aliphatic rings. The van der Waals surface area contributed by atoms with Crippen molar-refractivity contribution in [2.45, 2.75) is 58.1 Å². The van der Waals surface area contributed by atoms with Gasteiger partial charge in [0.1, 0.15) is 17.4 Å². The number of unbranched alkanes of at least 4 members (excludes halogenated alkanes) is 1. The summed E-state index contributed by atoms with van der Waals surface area (Å²) in [6.45, 7) is 6.12. The number of fused-ring (bicyclic) bond motifs is 2. The van der Waals surface area contributed by atoms with Crippen molar-refractivity contribution in [1.29, 1.82) is 0 Å². The van der Waals surface area contributed by atoms with Gasteiger partial charge in [-0.2, -0.15) is 4.98 Å². The van der Waals surface area contributed by atoms with Crippen LogP contribution in [0.5, 0.6) is 5.75 Å². The molecule has 3 N–H and O–H groups in total. The molecule has 0 radical (unpaired) electrons. The first-order valence-electron chi connectivity index (χ1n) is 15.5. The van der Waals surface area contributed by atoms with Crippen molar-refractivity contribution in [3.05, 3.63) is 77.4 Å². The number of aromatic nitrogens is 2. The van der Waals surface area contributed by atoms with E-state index in [2.05, 4.69) is 26.1 Å². The number of alkyl carbamates (subject to hydrolysis) is 1. The molecule has 3 aromatic carbocycles. The predicted molar refractivity (Wildman–Crippen MR) is 181 cm³/mol. The average molecular weight is 658 g/mol. The quantitative estimate of drug-likeness (QED) is 0.135. The summed E-state index contributed by atoms with van der Waals surface area (Å²) in [5.74, 6) is 0.617. The Morgan fingerprint density at radius 3 is 2.51 bits per heavy atom. The number of nitrogens with one attached hydrogen (secondary N) is 3. The first-order chi connectivity index (χ1) is 22.6. The Morgan fingerprint density at radius 1 is 1.00 bits per heavy atom. The van der Waals surface area contributed by atoms with Crippen LogP contribution < -0.4 is 20.7 Å². The first-order valence-corrected chi connectivity index (χ1v) is 16.4. The second kappa shape index (κ2) is 15.1. The van der Waals surface area contributed by atoms with Crippen molar-refractivity contribution < 1.29 is 28.4 Å². The van der Waals surface area contributed by atoms with Gasteiger partial charge in [-0.25, -0.2) is 4.79 Å². The maximum atomic E-state index is 13.3. The Bertz CT molecular complexity index is 1860. The molecule has 246 valence electrons. The number of carbonyl (C=O) groups is 3. The molecule has 5 aromatic rings. The third kappa shape index (κ3) is 9.07. The van der Waals surface area contributed by atoms with Crippen molar-refractivity contribution in [3.63, 3.8) is 0 Å². The van der Waals surface area contributed by atoms with Crippen LogP contribution in [0.2, 0.25) is 0 Å². The fourth-order valence-corrected chi connectivity index (χ4v) is 5.96. The van der Waals surface area contributed by atoms with Crippen LogP contribution in [0.3, 0.4) is 0 Å². The van der Waals surface area contributed by atoms with E-state index in [0.29, 0.717) is 43.7 Å². The summed E-state index contributed by atoms with van der Waals surface area (Å²) in [5.41, 5.74) is 0.927. The maximum Gasteiger partial charge on any atom is 0.408 e. The summed E-state index contributed by atoms with van der Waals surface area (Å²) in [6.07, 6.45) is 0.999. The van der Waals surface area contributed by atoms with E-state index in [0.717, 1.165) is 26.4 Å². The Morgan fingerprint density at radius 2 is 1.74 bits per heavy atom. The van der Waals surface area contributed by atoms with Gasteiger partial charge in [0, 0.05) is 24.7 Å². The minimum absolute atomic E-state index is 0.00744. The van der Waals surface area contributed by atoms with E-state index < -0.39 is 17.7 Å².